The third-order valence-electron chi connectivity index (χ3n) is 3.82. The van der Waals surface area contributed by atoms with Gasteiger partial charge in [-0.15, -0.1) is 0 Å². The van der Waals surface area contributed by atoms with Gasteiger partial charge >= 0.3 is 0 Å². The van der Waals surface area contributed by atoms with E-state index >= 15 is 0 Å². The molecule has 89 valence electrons. The molecule has 0 nitrogen and oxygen atoms in total. The van der Waals surface area contributed by atoms with Gasteiger partial charge in [-0.1, -0.05) is 66.7 Å². The number of hydrogen-bond acceptors (Lipinski definition) is 0. The fourth-order valence-corrected chi connectivity index (χ4v) is 2.97. The zero-order chi connectivity index (χ0) is 12.7. The average Bonchev–Trinajstić information content (AvgIpc) is 2.86. The first kappa shape index (κ1) is 10.6. The van der Waals surface area contributed by atoms with Crippen molar-refractivity contribution in [2.24, 2.45) is 0 Å². The maximum atomic E-state index is 3.35. The molecular formula is C19H13. The Morgan fingerprint density at radius 1 is 0.684 bits per heavy atom. The topological polar surface area (TPSA) is 0 Å². The summed E-state index contributed by atoms with van der Waals surface area (Å²) in [6.07, 6.45) is 1.05. The average molecular weight is 241 g/mol. The minimum absolute atomic E-state index is 1.05. The van der Waals surface area contributed by atoms with Crippen LogP contribution >= 0.6 is 0 Å². The number of hydrogen-bond donors (Lipinski definition) is 0. The molecule has 4 rings (SSSR count). The van der Waals surface area contributed by atoms with Crippen LogP contribution in [0.25, 0.3) is 22.3 Å². The minimum atomic E-state index is 1.05. The monoisotopic (exact) mass is 241 g/mol. The Bertz CT molecular complexity index is 739. The predicted octanol–water partition coefficient (Wildman–Crippen LogP) is 4.72. The van der Waals surface area contributed by atoms with E-state index in [-0.39, 0.29) is 0 Å². The summed E-state index contributed by atoms with van der Waals surface area (Å²) in [5.41, 5.74) is 8.10. The molecule has 0 amide bonds. The standard InChI is InChI=1S/C19H13/c1-2-7-14(8-3-1)17-12-6-10-16-13-15-9-4-5-11-18(15)19(16)17/h1-7,9-12H,13H2. The molecule has 0 saturated carbocycles. The van der Waals surface area contributed by atoms with E-state index in [1.165, 1.54) is 33.4 Å². The quantitative estimate of drug-likeness (QED) is 0.452. The summed E-state index contributed by atoms with van der Waals surface area (Å²) in [5.74, 6) is 0. The Morgan fingerprint density at radius 3 is 2.37 bits per heavy atom. The van der Waals surface area contributed by atoms with Gasteiger partial charge in [0.15, 0.2) is 0 Å². The molecule has 0 unspecified atom stereocenters. The SMILES string of the molecule is [c]1ccccc1-c1cccc2c1-c1ccccc1C2. The first-order valence-corrected chi connectivity index (χ1v) is 6.61. The van der Waals surface area contributed by atoms with Crippen LogP contribution in [0.2, 0.25) is 0 Å². The van der Waals surface area contributed by atoms with Crippen molar-refractivity contribution in [1.82, 2.24) is 0 Å². The molecule has 0 N–H and O–H groups in total. The molecule has 1 radical (unpaired) electrons. The molecule has 1 aliphatic rings. The Kier molecular flexibility index (Phi) is 2.28. The van der Waals surface area contributed by atoms with Crippen LogP contribution in [0.5, 0.6) is 0 Å². The lowest BCUT2D eigenvalue weighted by atomic mass is 9.94. The molecular weight excluding hydrogens is 228 g/mol. The highest BCUT2D eigenvalue weighted by Crippen LogP contribution is 2.42. The van der Waals surface area contributed by atoms with Crippen LogP contribution in [0, 0.1) is 6.07 Å². The van der Waals surface area contributed by atoms with Crippen molar-refractivity contribution >= 4 is 0 Å². The van der Waals surface area contributed by atoms with Gasteiger partial charge in [0, 0.05) is 0 Å². The first-order valence-electron chi connectivity index (χ1n) is 6.61. The number of rotatable bonds is 1. The zero-order valence-corrected chi connectivity index (χ0v) is 10.6. The molecule has 0 saturated heterocycles. The van der Waals surface area contributed by atoms with Crippen molar-refractivity contribution < 1.29 is 0 Å². The van der Waals surface area contributed by atoms with Crippen molar-refractivity contribution in [3.05, 3.63) is 83.9 Å². The third kappa shape index (κ3) is 1.61. The Morgan fingerprint density at radius 2 is 1.47 bits per heavy atom. The van der Waals surface area contributed by atoms with Crippen LogP contribution in [-0.2, 0) is 6.42 Å². The minimum Gasteiger partial charge on any atom is -0.0619 e. The van der Waals surface area contributed by atoms with Crippen molar-refractivity contribution in [3.8, 4) is 22.3 Å². The number of fused-ring (bicyclic) bond motifs is 3. The molecule has 0 aliphatic heterocycles. The van der Waals surface area contributed by atoms with Gasteiger partial charge < -0.3 is 0 Å². The second-order valence-corrected chi connectivity index (χ2v) is 4.95. The lowest BCUT2D eigenvalue weighted by Crippen LogP contribution is -1.85. The van der Waals surface area contributed by atoms with Gasteiger partial charge in [0.1, 0.15) is 0 Å². The summed E-state index contributed by atoms with van der Waals surface area (Å²) < 4.78 is 0. The van der Waals surface area contributed by atoms with Crippen LogP contribution in [-0.4, -0.2) is 0 Å². The maximum absolute atomic E-state index is 3.35. The van der Waals surface area contributed by atoms with Crippen LogP contribution in [0.15, 0.2) is 66.7 Å². The number of benzene rings is 3. The molecule has 1 aliphatic carbocycles. The normalized spacial score (nSPS) is 12.0. The lowest BCUT2D eigenvalue weighted by Gasteiger charge is -2.09. The molecule has 0 aromatic heterocycles. The molecule has 0 heterocycles. The third-order valence-corrected chi connectivity index (χ3v) is 3.82. The van der Waals surface area contributed by atoms with E-state index in [1.807, 2.05) is 12.1 Å². The summed E-state index contributed by atoms with van der Waals surface area (Å²) in [4.78, 5) is 0. The summed E-state index contributed by atoms with van der Waals surface area (Å²) in [6.45, 7) is 0. The molecule has 0 fully saturated rings. The van der Waals surface area contributed by atoms with Gasteiger partial charge in [-0.3, -0.25) is 0 Å². The zero-order valence-electron chi connectivity index (χ0n) is 10.6. The smallest absolute Gasteiger partial charge is 0.00132 e. The van der Waals surface area contributed by atoms with Crippen LogP contribution in [0.4, 0.5) is 0 Å². The molecule has 3 aromatic rings. The summed E-state index contributed by atoms with van der Waals surface area (Å²) in [6, 6.07) is 26.9. The van der Waals surface area contributed by atoms with Crippen molar-refractivity contribution in [1.29, 1.82) is 0 Å². The summed E-state index contributed by atoms with van der Waals surface area (Å²) >= 11 is 0. The fourth-order valence-electron chi connectivity index (χ4n) is 2.97. The van der Waals surface area contributed by atoms with Crippen LogP contribution < -0.4 is 0 Å². The van der Waals surface area contributed by atoms with Gasteiger partial charge in [-0.05, 0) is 45.9 Å². The largest absolute Gasteiger partial charge is 0.0619 e. The van der Waals surface area contributed by atoms with Crippen molar-refractivity contribution in [2.45, 2.75) is 6.42 Å². The van der Waals surface area contributed by atoms with E-state index in [1.54, 1.807) is 0 Å². The van der Waals surface area contributed by atoms with E-state index in [4.69, 9.17) is 0 Å². The van der Waals surface area contributed by atoms with E-state index < -0.39 is 0 Å². The van der Waals surface area contributed by atoms with Gasteiger partial charge in [0.25, 0.3) is 0 Å². The van der Waals surface area contributed by atoms with Gasteiger partial charge in [0.2, 0.25) is 0 Å². The molecule has 0 bridgehead atoms. The van der Waals surface area contributed by atoms with Gasteiger partial charge in [-0.2, -0.15) is 0 Å². The lowest BCUT2D eigenvalue weighted by molar-refractivity contribution is 1.26. The van der Waals surface area contributed by atoms with E-state index in [9.17, 15) is 0 Å². The maximum Gasteiger partial charge on any atom is -0.00132 e. The van der Waals surface area contributed by atoms with Crippen LogP contribution in [0.3, 0.4) is 0 Å². The second-order valence-electron chi connectivity index (χ2n) is 4.95. The molecule has 3 aromatic carbocycles. The molecule has 0 spiro atoms. The molecule has 0 atom stereocenters. The highest BCUT2D eigenvalue weighted by Gasteiger charge is 2.20. The van der Waals surface area contributed by atoms with E-state index in [0.29, 0.717) is 0 Å². The summed E-state index contributed by atoms with van der Waals surface area (Å²) in [5, 5.41) is 0. The highest BCUT2D eigenvalue weighted by atomic mass is 14.2. The Balaban J connectivity index is 2.01. The second kappa shape index (κ2) is 4.10. The van der Waals surface area contributed by atoms with Crippen molar-refractivity contribution in [2.75, 3.05) is 0 Å². The molecule has 19 heavy (non-hydrogen) atoms. The summed E-state index contributed by atoms with van der Waals surface area (Å²) in [7, 11) is 0. The fraction of sp³-hybridized carbons (Fsp3) is 0.0526. The van der Waals surface area contributed by atoms with Crippen molar-refractivity contribution in [3.63, 3.8) is 0 Å². The molecule has 0 heteroatoms. The Hall–Kier alpha value is -2.34. The highest BCUT2D eigenvalue weighted by molar-refractivity contribution is 5.90. The van der Waals surface area contributed by atoms with Gasteiger partial charge in [0.05, 0.1) is 0 Å². The van der Waals surface area contributed by atoms with E-state index in [0.717, 1.165) is 6.42 Å². The first-order chi connectivity index (χ1) is 9.43. The Labute approximate surface area is 113 Å². The van der Waals surface area contributed by atoms with Crippen LogP contribution in [0.1, 0.15) is 11.1 Å². The van der Waals surface area contributed by atoms with Gasteiger partial charge in [-0.25, -0.2) is 0 Å². The predicted molar refractivity (Wildman–Crippen MR) is 79.0 cm³/mol. The van der Waals surface area contributed by atoms with E-state index in [2.05, 4.69) is 60.7 Å².